The molecule has 2 aromatic heterocycles. The van der Waals surface area contributed by atoms with Crippen LogP contribution in [0.5, 0.6) is 0 Å². The molecule has 0 atom stereocenters. The molecule has 7 heteroatoms. The molecule has 0 saturated heterocycles. The molecule has 160 valence electrons. The monoisotopic (exact) mass is 433 g/mol. The summed E-state index contributed by atoms with van der Waals surface area (Å²) in [6.45, 7) is 8.18. The standard InChI is InChI=1S/C24H27N5OS/c1-16(2)28(17(3)4)22(30)15-31-24-27-26-23-19-12-8-9-13-20(19)25-21(29(23)24)14-18-10-6-5-7-11-18/h5-13,16-17H,14-15H2,1-4H3. The zero-order valence-corrected chi connectivity index (χ0v) is 19.1. The van der Waals surface area contributed by atoms with Crippen molar-refractivity contribution in [2.75, 3.05) is 5.75 Å². The van der Waals surface area contributed by atoms with Crippen molar-refractivity contribution >= 4 is 34.2 Å². The molecule has 4 rings (SSSR count). The van der Waals surface area contributed by atoms with Crippen molar-refractivity contribution in [3.8, 4) is 0 Å². The van der Waals surface area contributed by atoms with E-state index in [2.05, 4.69) is 22.3 Å². The lowest BCUT2D eigenvalue weighted by atomic mass is 10.1. The van der Waals surface area contributed by atoms with Crippen LogP contribution < -0.4 is 0 Å². The third-order valence-corrected chi connectivity index (χ3v) is 6.13. The van der Waals surface area contributed by atoms with Crippen LogP contribution in [0.4, 0.5) is 0 Å². The van der Waals surface area contributed by atoms with E-state index < -0.39 is 0 Å². The number of hydrogen-bond acceptors (Lipinski definition) is 5. The van der Waals surface area contributed by atoms with E-state index >= 15 is 0 Å². The van der Waals surface area contributed by atoms with Gasteiger partial charge in [0, 0.05) is 23.9 Å². The number of hydrogen-bond donors (Lipinski definition) is 0. The Balaban J connectivity index is 1.72. The van der Waals surface area contributed by atoms with Gasteiger partial charge >= 0.3 is 0 Å². The molecule has 0 radical (unpaired) electrons. The second kappa shape index (κ2) is 9.06. The predicted octanol–water partition coefficient (Wildman–Crippen LogP) is 4.61. The maximum atomic E-state index is 12.9. The van der Waals surface area contributed by atoms with Gasteiger partial charge in [-0.15, -0.1) is 10.2 Å². The molecule has 0 aliphatic rings. The van der Waals surface area contributed by atoms with Gasteiger partial charge in [-0.05, 0) is 45.4 Å². The molecule has 1 amide bonds. The van der Waals surface area contributed by atoms with Crippen LogP contribution in [0.2, 0.25) is 0 Å². The van der Waals surface area contributed by atoms with E-state index in [0.29, 0.717) is 17.3 Å². The summed E-state index contributed by atoms with van der Waals surface area (Å²) >= 11 is 1.42. The number of carbonyl (C=O) groups is 1. The molecule has 0 saturated carbocycles. The lowest BCUT2D eigenvalue weighted by Crippen LogP contribution is -2.43. The fourth-order valence-electron chi connectivity index (χ4n) is 3.99. The molecule has 4 aromatic rings. The molecule has 0 bridgehead atoms. The molecule has 0 unspecified atom stereocenters. The smallest absolute Gasteiger partial charge is 0.233 e. The van der Waals surface area contributed by atoms with Crippen LogP contribution in [-0.2, 0) is 11.2 Å². The third-order valence-electron chi connectivity index (χ3n) is 5.22. The second-order valence-corrected chi connectivity index (χ2v) is 9.07. The number of aromatic nitrogens is 4. The summed E-state index contributed by atoms with van der Waals surface area (Å²) in [6.07, 6.45) is 0.659. The Labute approximate surface area is 186 Å². The normalized spacial score (nSPS) is 11.7. The van der Waals surface area contributed by atoms with Crippen molar-refractivity contribution in [2.24, 2.45) is 0 Å². The molecule has 0 fully saturated rings. The minimum absolute atomic E-state index is 0.102. The number of benzene rings is 2. The summed E-state index contributed by atoms with van der Waals surface area (Å²) < 4.78 is 2.00. The van der Waals surface area contributed by atoms with E-state index in [-0.39, 0.29) is 18.0 Å². The fraction of sp³-hybridized carbons (Fsp3) is 0.333. The molecular formula is C24H27N5OS. The lowest BCUT2D eigenvalue weighted by Gasteiger charge is -2.30. The van der Waals surface area contributed by atoms with Gasteiger partial charge in [0.15, 0.2) is 10.8 Å². The van der Waals surface area contributed by atoms with Gasteiger partial charge in [-0.25, -0.2) is 4.98 Å². The summed E-state index contributed by atoms with van der Waals surface area (Å²) in [4.78, 5) is 19.7. The van der Waals surface area contributed by atoms with Crippen molar-refractivity contribution in [1.82, 2.24) is 24.5 Å². The number of para-hydroxylation sites is 1. The molecule has 6 nitrogen and oxygen atoms in total. The van der Waals surface area contributed by atoms with E-state index in [9.17, 15) is 4.79 Å². The molecule has 2 heterocycles. The zero-order valence-electron chi connectivity index (χ0n) is 18.3. The first kappa shape index (κ1) is 21.3. The maximum absolute atomic E-state index is 12.9. The Kier molecular flexibility index (Phi) is 6.23. The Hall–Kier alpha value is -2.93. The largest absolute Gasteiger partial charge is 0.337 e. The van der Waals surface area contributed by atoms with Crippen molar-refractivity contribution in [3.63, 3.8) is 0 Å². The predicted molar refractivity (Wildman–Crippen MR) is 125 cm³/mol. The van der Waals surface area contributed by atoms with Gasteiger partial charge in [-0.3, -0.25) is 9.20 Å². The number of rotatable bonds is 7. The average Bonchev–Trinajstić information content (AvgIpc) is 3.17. The molecule has 0 aliphatic carbocycles. The van der Waals surface area contributed by atoms with Crippen LogP contribution in [0.15, 0.2) is 59.8 Å². The van der Waals surface area contributed by atoms with Gasteiger partial charge < -0.3 is 4.90 Å². The van der Waals surface area contributed by atoms with E-state index in [1.54, 1.807) is 0 Å². The number of fused-ring (bicyclic) bond motifs is 3. The number of thioether (sulfide) groups is 1. The highest BCUT2D eigenvalue weighted by molar-refractivity contribution is 7.99. The van der Waals surface area contributed by atoms with Crippen LogP contribution in [0, 0.1) is 0 Å². The van der Waals surface area contributed by atoms with Crippen molar-refractivity contribution in [2.45, 2.75) is 51.4 Å². The van der Waals surface area contributed by atoms with E-state index in [0.717, 1.165) is 27.9 Å². The SMILES string of the molecule is CC(C)N(C(=O)CSc1nnc2c3ccccc3nc(Cc3ccccc3)n12)C(C)C. The minimum atomic E-state index is 0.102. The quantitative estimate of drug-likeness (QED) is 0.399. The molecule has 0 spiro atoms. The number of nitrogens with zero attached hydrogens (tertiary/aromatic N) is 5. The number of amides is 1. The highest BCUT2D eigenvalue weighted by Gasteiger charge is 2.22. The summed E-state index contributed by atoms with van der Waals surface area (Å²) in [5.41, 5.74) is 2.83. The average molecular weight is 434 g/mol. The van der Waals surface area contributed by atoms with Crippen LogP contribution in [0.1, 0.15) is 39.1 Å². The minimum Gasteiger partial charge on any atom is -0.337 e. The number of carbonyl (C=O) groups excluding carboxylic acids is 1. The summed E-state index contributed by atoms with van der Waals surface area (Å²) in [5.74, 6) is 1.28. The summed E-state index contributed by atoms with van der Waals surface area (Å²) in [5, 5.41) is 10.6. The van der Waals surface area contributed by atoms with Crippen LogP contribution in [-0.4, -0.2) is 48.2 Å². The Bertz CT molecular complexity index is 1190. The highest BCUT2D eigenvalue weighted by atomic mass is 32.2. The van der Waals surface area contributed by atoms with Crippen LogP contribution >= 0.6 is 11.8 Å². The molecule has 31 heavy (non-hydrogen) atoms. The van der Waals surface area contributed by atoms with Gasteiger partial charge in [0.1, 0.15) is 5.82 Å². The topological polar surface area (TPSA) is 63.4 Å². The molecule has 0 aliphatic heterocycles. The summed E-state index contributed by atoms with van der Waals surface area (Å²) in [7, 11) is 0. The Morgan fingerprint density at radius 1 is 0.968 bits per heavy atom. The molecular weight excluding hydrogens is 406 g/mol. The van der Waals surface area contributed by atoms with Crippen molar-refractivity contribution in [3.05, 3.63) is 66.0 Å². The van der Waals surface area contributed by atoms with Crippen molar-refractivity contribution < 1.29 is 4.79 Å². The third kappa shape index (κ3) is 4.42. The second-order valence-electron chi connectivity index (χ2n) is 8.13. The van der Waals surface area contributed by atoms with Crippen molar-refractivity contribution in [1.29, 1.82) is 0 Å². The Morgan fingerprint density at radius 2 is 1.65 bits per heavy atom. The molecule has 2 aromatic carbocycles. The first-order chi connectivity index (χ1) is 15.0. The van der Waals surface area contributed by atoms with Crippen LogP contribution in [0.3, 0.4) is 0 Å². The highest BCUT2D eigenvalue weighted by Crippen LogP contribution is 2.26. The van der Waals surface area contributed by atoms with Crippen LogP contribution in [0.25, 0.3) is 16.6 Å². The lowest BCUT2D eigenvalue weighted by molar-refractivity contribution is -0.131. The van der Waals surface area contributed by atoms with Gasteiger partial charge in [0.25, 0.3) is 0 Å². The summed E-state index contributed by atoms with van der Waals surface area (Å²) in [6, 6.07) is 18.5. The van der Waals surface area contributed by atoms with E-state index in [4.69, 9.17) is 4.98 Å². The van der Waals surface area contributed by atoms with Gasteiger partial charge in [0.2, 0.25) is 5.91 Å². The van der Waals surface area contributed by atoms with Gasteiger partial charge in [-0.1, -0.05) is 54.2 Å². The maximum Gasteiger partial charge on any atom is 0.233 e. The fourth-order valence-corrected chi connectivity index (χ4v) is 4.81. The van der Waals surface area contributed by atoms with Gasteiger partial charge in [0.05, 0.1) is 11.3 Å². The van der Waals surface area contributed by atoms with E-state index in [1.807, 2.05) is 79.5 Å². The van der Waals surface area contributed by atoms with Gasteiger partial charge in [-0.2, -0.15) is 0 Å². The first-order valence-electron chi connectivity index (χ1n) is 10.6. The molecule has 0 N–H and O–H groups in total. The zero-order chi connectivity index (χ0) is 22.0. The Morgan fingerprint density at radius 3 is 2.35 bits per heavy atom. The van der Waals surface area contributed by atoms with E-state index in [1.165, 1.54) is 11.8 Å². The first-order valence-corrected chi connectivity index (χ1v) is 11.5.